The maximum absolute atomic E-state index is 5.37. The molecule has 0 fully saturated rings. The minimum absolute atomic E-state index is 0.0481. The van der Waals surface area contributed by atoms with E-state index in [4.69, 9.17) is 11.5 Å². The second-order valence-corrected chi connectivity index (χ2v) is 5.26. The summed E-state index contributed by atoms with van der Waals surface area (Å²) in [5, 5.41) is 0.306. The number of hydrogen-bond acceptors (Lipinski definition) is 2. The number of thioether (sulfide) groups is 1. The smallest absolute Gasteiger partial charge is 0.191 e. The third kappa shape index (κ3) is 2.53. The van der Waals surface area contributed by atoms with Gasteiger partial charge < -0.3 is 11.5 Å². The van der Waals surface area contributed by atoms with Gasteiger partial charge in [-0.2, -0.15) is 0 Å². The Kier molecular flexibility index (Phi) is 3.24. The lowest BCUT2D eigenvalue weighted by Crippen LogP contribution is -2.23. The maximum Gasteiger partial charge on any atom is 0.191 e. The first-order valence-corrected chi connectivity index (χ1v) is 6.22. The van der Waals surface area contributed by atoms with E-state index >= 15 is 0 Å². The van der Waals surface area contributed by atoms with Gasteiger partial charge in [0.1, 0.15) is 0 Å². The Morgan fingerprint density at radius 3 is 2.76 bits per heavy atom. The molecule has 0 amide bonds. The second-order valence-electron chi connectivity index (χ2n) is 3.88. The van der Waals surface area contributed by atoms with Crippen molar-refractivity contribution in [3.05, 3.63) is 47.7 Å². The van der Waals surface area contributed by atoms with E-state index in [0.717, 1.165) is 5.57 Å². The zero-order chi connectivity index (χ0) is 12.4. The first kappa shape index (κ1) is 11.8. The lowest BCUT2D eigenvalue weighted by atomic mass is 10.1. The highest BCUT2D eigenvalue weighted by atomic mass is 32.2. The van der Waals surface area contributed by atoms with Gasteiger partial charge in [0, 0.05) is 10.1 Å². The second kappa shape index (κ2) is 4.67. The summed E-state index contributed by atoms with van der Waals surface area (Å²) in [6.07, 6.45) is 2.10. The van der Waals surface area contributed by atoms with Crippen LogP contribution in [0.4, 0.5) is 0 Å². The van der Waals surface area contributed by atoms with Crippen molar-refractivity contribution in [3.63, 3.8) is 0 Å². The SMILES string of the molecule is C=C(N=C(N)N)C1=Cc2ccccc2SC1C. The van der Waals surface area contributed by atoms with E-state index in [2.05, 4.69) is 36.7 Å². The van der Waals surface area contributed by atoms with E-state index in [-0.39, 0.29) is 5.96 Å². The number of fused-ring (bicyclic) bond motifs is 1. The van der Waals surface area contributed by atoms with Crippen LogP contribution >= 0.6 is 11.8 Å². The van der Waals surface area contributed by atoms with E-state index in [9.17, 15) is 0 Å². The van der Waals surface area contributed by atoms with Crippen LogP contribution in [0.25, 0.3) is 6.08 Å². The molecule has 1 aromatic carbocycles. The highest BCUT2D eigenvalue weighted by molar-refractivity contribution is 8.00. The fourth-order valence-corrected chi connectivity index (χ4v) is 2.92. The van der Waals surface area contributed by atoms with Crippen molar-refractivity contribution in [1.29, 1.82) is 0 Å². The van der Waals surface area contributed by atoms with Crippen molar-refractivity contribution in [2.75, 3.05) is 0 Å². The van der Waals surface area contributed by atoms with Crippen LogP contribution in [0.15, 0.2) is 52.0 Å². The van der Waals surface area contributed by atoms with E-state index < -0.39 is 0 Å². The van der Waals surface area contributed by atoms with Crippen molar-refractivity contribution >= 4 is 23.8 Å². The first-order chi connectivity index (χ1) is 8.08. The number of nitrogens with two attached hydrogens (primary N) is 2. The zero-order valence-corrected chi connectivity index (χ0v) is 10.5. The molecule has 17 heavy (non-hydrogen) atoms. The average Bonchev–Trinajstić information content (AvgIpc) is 2.27. The van der Waals surface area contributed by atoms with E-state index in [1.807, 2.05) is 12.1 Å². The van der Waals surface area contributed by atoms with Gasteiger partial charge in [-0.1, -0.05) is 24.8 Å². The molecule has 1 aliphatic rings. The average molecular weight is 245 g/mol. The fourth-order valence-electron chi connectivity index (χ4n) is 1.78. The van der Waals surface area contributed by atoms with Crippen LogP contribution in [0, 0.1) is 0 Å². The molecule has 1 unspecified atom stereocenters. The van der Waals surface area contributed by atoms with Crippen molar-refractivity contribution in [1.82, 2.24) is 0 Å². The highest BCUT2D eigenvalue weighted by Crippen LogP contribution is 2.39. The summed E-state index contributed by atoms with van der Waals surface area (Å²) in [6, 6.07) is 8.26. The third-order valence-corrected chi connectivity index (χ3v) is 3.80. The number of benzene rings is 1. The zero-order valence-electron chi connectivity index (χ0n) is 9.68. The summed E-state index contributed by atoms with van der Waals surface area (Å²) in [7, 11) is 0. The largest absolute Gasteiger partial charge is 0.370 e. The predicted molar refractivity (Wildman–Crippen MR) is 74.7 cm³/mol. The predicted octanol–water partition coefficient (Wildman–Crippen LogP) is 2.35. The number of guanidine groups is 1. The van der Waals surface area contributed by atoms with Gasteiger partial charge in [0.15, 0.2) is 5.96 Å². The first-order valence-electron chi connectivity index (χ1n) is 5.34. The number of rotatable bonds is 2. The molecule has 0 radical (unpaired) electrons. The van der Waals surface area contributed by atoms with Crippen molar-refractivity contribution in [3.8, 4) is 0 Å². The maximum atomic E-state index is 5.37. The monoisotopic (exact) mass is 245 g/mol. The van der Waals surface area contributed by atoms with Gasteiger partial charge in [-0.15, -0.1) is 11.8 Å². The van der Waals surface area contributed by atoms with Crippen molar-refractivity contribution in [2.45, 2.75) is 17.1 Å². The number of hydrogen-bond donors (Lipinski definition) is 2. The lowest BCUT2D eigenvalue weighted by Gasteiger charge is -2.22. The molecule has 2 rings (SSSR count). The summed E-state index contributed by atoms with van der Waals surface area (Å²) < 4.78 is 0. The summed E-state index contributed by atoms with van der Waals surface area (Å²) >= 11 is 1.80. The summed E-state index contributed by atoms with van der Waals surface area (Å²) in [5.74, 6) is 0.0481. The molecular formula is C13H15N3S. The normalized spacial score (nSPS) is 17.9. The molecule has 0 saturated carbocycles. The lowest BCUT2D eigenvalue weighted by molar-refractivity contribution is 1.10. The summed E-state index contributed by atoms with van der Waals surface area (Å²) in [6.45, 7) is 6.04. The Balaban J connectivity index is 2.39. The third-order valence-electron chi connectivity index (χ3n) is 2.57. The number of allylic oxidation sites excluding steroid dienone is 1. The quantitative estimate of drug-likeness (QED) is 0.621. The molecule has 4 heteroatoms. The van der Waals surface area contributed by atoms with Gasteiger partial charge in [0.2, 0.25) is 0 Å². The topological polar surface area (TPSA) is 64.4 Å². The Morgan fingerprint density at radius 2 is 2.06 bits per heavy atom. The minimum atomic E-state index is 0.0481. The molecule has 0 saturated heterocycles. The van der Waals surface area contributed by atoms with Crippen molar-refractivity contribution < 1.29 is 0 Å². The van der Waals surface area contributed by atoms with Crippen LogP contribution in [0.3, 0.4) is 0 Å². The van der Waals surface area contributed by atoms with Crippen LogP contribution in [0.1, 0.15) is 12.5 Å². The minimum Gasteiger partial charge on any atom is -0.370 e. The molecular weight excluding hydrogens is 230 g/mol. The molecule has 3 nitrogen and oxygen atoms in total. The van der Waals surface area contributed by atoms with Gasteiger partial charge in [-0.3, -0.25) is 0 Å². The standard InChI is InChI=1S/C13H15N3S/c1-8(16-13(14)15)11-7-10-5-3-4-6-12(10)17-9(11)2/h3-7,9H,1H2,2H3,(H4,14,15,16). The van der Waals surface area contributed by atoms with Gasteiger partial charge in [0.05, 0.1) is 5.70 Å². The molecule has 0 aromatic heterocycles. The Morgan fingerprint density at radius 1 is 1.35 bits per heavy atom. The Bertz CT molecular complexity index is 513. The van der Waals surface area contributed by atoms with Crippen LogP contribution in [0.2, 0.25) is 0 Å². The molecule has 0 spiro atoms. The molecule has 0 aliphatic carbocycles. The molecule has 4 N–H and O–H groups in total. The Labute approximate surface area is 105 Å². The van der Waals surface area contributed by atoms with Gasteiger partial charge in [-0.05, 0) is 30.2 Å². The summed E-state index contributed by atoms with van der Waals surface area (Å²) in [5.41, 5.74) is 13.6. The molecule has 1 heterocycles. The van der Waals surface area contributed by atoms with Crippen LogP contribution in [0.5, 0.6) is 0 Å². The summed E-state index contributed by atoms with van der Waals surface area (Å²) in [4.78, 5) is 5.30. The molecule has 0 bridgehead atoms. The molecule has 1 aliphatic heterocycles. The van der Waals surface area contributed by atoms with Gasteiger partial charge in [0.25, 0.3) is 0 Å². The number of aliphatic imine (C=N–C) groups is 1. The van der Waals surface area contributed by atoms with Gasteiger partial charge in [-0.25, -0.2) is 4.99 Å². The molecule has 88 valence electrons. The Hall–Kier alpha value is -1.68. The van der Waals surface area contributed by atoms with E-state index in [1.54, 1.807) is 11.8 Å². The fraction of sp³-hybridized carbons (Fsp3) is 0.154. The van der Waals surface area contributed by atoms with Crippen LogP contribution in [-0.4, -0.2) is 11.2 Å². The highest BCUT2D eigenvalue weighted by Gasteiger charge is 2.19. The molecule has 1 aromatic rings. The van der Waals surface area contributed by atoms with Gasteiger partial charge >= 0.3 is 0 Å². The van der Waals surface area contributed by atoms with Crippen LogP contribution in [-0.2, 0) is 0 Å². The molecule has 1 atom stereocenters. The van der Waals surface area contributed by atoms with E-state index in [1.165, 1.54) is 10.5 Å². The van der Waals surface area contributed by atoms with Crippen molar-refractivity contribution in [2.24, 2.45) is 16.5 Å². The van der Waals surface area contributed by atoms with E-state index in [0.29, 0.717) is 10.9 Å². The number of nitrogens with zero attached hydrogens (tertiary/aromatic N) is 1. The van der Waals surface area contributed by atoms with Crippen LogP contribution < -0.4 is 11.5 Å².